The van der Waals surface area contributed by atoms with E-state index < -0.39 is 17.5 Å². The van der Waals surface area contributed by atoms with Gasteiger partial charge in [-0.3, -0.25) is 9.69 Å². The van der Waals surface area contributed by atoms with Crippen molar-refractivity contribution in [1.82, 2.24) is 24.7 Å². The van der Waals surface area contributed by atoms with Crippen LogP contribution >= 0.6 is 0 Å². The largest absolute Gasteiger partial charge is 0.472 e. The van der Waals surface area contributed by atoms with Crippen molar-refractivity contribution in [3.05, 3.63) is 71.2 Å². The van der Waals surface area contributed by atoms with Crippen LogP contribution in [-0.2, 0) is 17.6 Å². The van der Waals surface area contributed by atoms with Gasteiger partial charge in [0, 0.05) is 66.6 Å². The van der Waals surface area contributed by atoms with E-state index in [1.165, 1.54) is 6.07 Å². The average molecular weight is 721 g/mol. The number of likely N-dealkylation sites (N-methyl/N-ethyl adjacent to an activating group) is 1. The molecule has 4 saturated heterocycles. The highest BCUT2D eigenvalue weighted by atomic mass is 19.2. The number of amides is 1. The third-order valence-electron chi connectivity index (χ3n) is 12.5. The van der Waals surface area contributed by atoms with Crippen LogP contribution in [0.2, 0.25) is 0 Å². The van der Waals surface area contributed by atoms with E-state index in [1.807, 2.05) is 17.9 Å². The second-order valence-electron chi connectivity index (χ2n) is 15.5. The normalized spacial score (nSPS) is 23.1. The lowest BCUT2D eigenvalue weighted by molar-refractivity contribution is -0.134. The minimum atomic E-state index is -1.05. The number of fused-ring (bicyclic) bond motifs is 5. The minimum absolute atomic E-state index is 0.0194. The number of nitrogens with one attached hydrogen (secondary N) is 1. The van der Waals surface area contributed by atoms with Crippen LogP contribution in [0.15, 0.2) is 42.5 Å². The number of nitriles is 1. The van der Waals surface area contributed by atoms with Gasteiger partial charge in [0.25, 0.3) is 0 Å². The number of hydrogen-bond acceptors (Lipinski definition) is 6. The van der Waals surface area contributed by atoms with Gasteiger partial charge in [-0.2, -0.15) is 5.26 Å². The van der Waals surface area contributed by atoms with Gasteiger partial charge in [-0.1, -0.05) is 24.3 Å². The maximum absolute atomic E-state index is 17.7. The summed E-state index contributed by atoms with van der Waals surface area (Å²) in [5.41, 5.74) is 2.68. The summed E-state index contributed by atoms with van der Waals surface area (Å²) in [6, 6.07) is 14.2. The van der Waals surface area contributed by atoms with E-state index in [9.17, 15) is 14.4 Å². The second kappa shape index (κ2) is 13.3. The molecule has 1 aliphatic carbocycles. The van der Waals surface area contributed by atoms with Crippen molar-refractivity contribution in [2.24, 2.45) is 5.92 Å². The molecule has 4 aliphatic heterocycles. The first-order valence-corrected chi connectivity index (χ1v) is 19.0. The highest BCUT2D eigenvalue weighted by Crippen LogP contribution is 2.49. The number of rotatable bonds is 10. The quantitative estimate of drug-likeness (QED) is 0.162. The third-order valence-corrected chi connectivity index (χ3v) is 12.5. The number of halogens is 3. The molecule has 1 saturated carbocycles. The molecule has 5 aliphatic rings. The smallest absolute Gasteiger partial charge is 0.223 e. The standard InChI is InChI=1S/C42H43F3N6O2/c1-23(33-10-5-16-49(33)2)53-42-30-21-27(12-14-34(52)50-17-6-18-50)51(40-26-20-32(40)47-22-26)41(30)29-19-25(8-4-15-46)36(38(45)39(29)48-42)28-9-3-7-24-11-13-31(43)37(44)35(24)28/h3,7,9,11,13,19,21,23,26,32-33,40,47H,4-6,8,10,12,14,16-18,20,22H2,1-2H3/t23-,26+,32+,33?,40-/m0/s1. The minimum Gasteiger partial charge on any atom is -0.472 e. The molecule has 0 spiro atoms. The molecule has 2 bridgehead atoms. The van der Waals surface area contributed by atoms with E-state index in [0.29, 0.717) is 41.0 Å². The van der Waals surface area contributed by atoms with E-state index >= 15 is 8.78 Å². The molecule has 274 valence electrons. The molecule has 3 aromatic carbocycles. The summed E-state index contributed by atoms with van der Waals surface area (Å²) in [7, 11) is 2.09. The fraction of sp³-hybridized carbons (Fsp3) is 0.452. The number of carbonyl (C=O) groups excluding carboxylic acids is 1. The molecular formula is C42H43F3N6O2. The topological polar surface area (TPSA) is 86.4 Å². The molecule has 10 rings (SSSR count). The predicted molar refractivity (Wildman–Crippen MR) is 198 cm³/mol. The van der Waals surface area contributed by atoms with Crippen molar-refractivity contribution in [2.45, 2.75) is 82.5 Å². The van der Waals surface area contributed by atoms with Crippen LogP contribution in [0.5, 0.6) is 5.88 Å². The highest BCUT2D eigenvalue weighted by Gasteiger charge is 2.49. The van der Waals surface area contributed by atoms with E-state index in [0.717, 1.165) is 74.5 Å². The first kappa shape index (κ1) is 34.1. The van der Waals surface area contributed by atoms with Gasteiger partial charge in [-0.15, -0.1) is 0 Å². The molecular weight excluding hydrogens is 677 g/mol. The summed E-state index contributed by atoms with van der Waals surface area (Å²) in [5, 5.41) is 15.1. The molecule has 5 aromatic rings. The van der Waals surface area contributed by atoms with Gasteiger partial charge in [0.15, 0.2) is 17.5 Å². The van der Waals surface area contributed by atoms with Crippen LogP contribution in [0.25, 0.3) is 43.7 Å². The monoisotopic (exact) mass is 720 g/mol. The van der Waals surface area contributed by atoms with Gasteiger partial charge in [0.1, 0.15) is 11.6 Å². The molecule has 8 nitrogen and oxygen atoms in total. The Morgan fingerprint density at radius 1 is 1.08 bits per heavy atom. The number of likely N-dealkylation sites (tertiary alicyclic amines) is 2. The number of pyridine rings is 1. The lowest BCUT2D eigenvalue weighted by Gasteiger charge is -2.38. The van der Waals surface area contributed by atoms with E-state index in [1.54, 1.807) is 18.2 Å². The Morgan fingerprint density at radius 3 is 2.62 bits per heavy atom. The maximum atomic E-state index is 17.7. The summed E-state index contributed by atoms with van der Waals surface area (Å²) in [6.45, 7) is 5.46. The van der Waals surface area contributed by atoms with E-state index in [-0.39, 0.29) is 65.0 Å². The van der Waals surface area contributed by atoms with Crippen molar-refractivity contribution in [2.75, 3.05) is 33.2 Å². The van der Waals surface area contributed by atoms with Gasteiger partial charge in [-0.05, 0) is 99.7 Å². The van der Waals surface area contributed by atoms with Crippen molar-refractivity contribution in [1.29, 1.82) is 5.26 Å². The predicted octanol–water partition coefficient (Wildman–Crippen LogP) is 7.44. The fourth-order valence-corrected chi connectivity index (χ4v) is 9.56. The number of hydrogen-bond donors (Lipinski definition) is 1. The molecule has 2 aromatic heterocycles. The molecule has 5 fully saturated rings. The van der Waals surface area contributed by atoms with E-state index in [2.05, 4.69) is 34.0 Å². The number of ether oxygens (including phenoxy) is 1. The average Bonchev–Trinajstić information content (AvgIpc) is 3.93. The van der Waals surface area contributed by atoms with Gasteiger partial charge in [0.2, 0.25) is 11.8 Å². The Bertz CT molecular complexity index is 2320. The van der Waals surface area contributed by atoms with Crippen LogP contribution in [0.1, 0.15) is 62.7 Å². The van der Waals surface area contributed by atoms with E-state index in [4.69, 9.17) is 9.72 Å². The number of carbonyl (C=O) groups is 1. The lowest BCUT2D eigenvalue weighted by atomic mass is 9.79. The SMILES string of the molecule is C[C@H](Oc1nc2c(F)c(-c3cccc4ccc(F)c(F)c34)c(CCC#N)cc2c2c1cc(CCC(=O)N1CCC1)n2[C@H]1[C@H]2CN[C@@H]1C2)C1CCCN1C. The summed E-state index contributed by atoms with van der Waals surface area (Å²) in [5.74, 6) is -1.90. The zero-order valence-electron chi connectivity index (χ0n) is 30.1. The molecule has 5 atom stereocenters. The highest BCUT2D eigenvalue weighted by molar-refractivity contribution is 6.10. The van der Waals surface area contributed by atoms with Crippen LogP contribution in [0.3, 0.4) is 0 Å². The fourth-order valence-electron chi connectivity index (χ4n) is 9.56. The molecule has 53 heavy (non-hydrogen) atoms. The lowest BCUT2D eigenvalue weighted by Crippen LogP contribution is -2.42. The molecule has 1 unspecified atom stereocenters. The Kier molecular flexibility index (Phi) is 8.58. The molecule has 0 radical (unpaired) electrons. The molecule has 1 N–H and O–H groups in total. The van der Waals surface area contributed by atoms with Crippen molar-refractivity contribution < 1.29 is 22.7 Å². The summed E-state index contributed by atoms with van der Waals surface area (Å²) >= 11 is 0. The zero-order chi connectivity index (χ0) is 36.5. The second-order valence-corrected chi connectivity index (χ2v) is 15.5. The first-order chi connectivity index (χ1) is 25.7. The van der Waals surface area contributed by atoms with Gasteiger partial charge >= 0.3 is 0 Å². The molecule has 11 heteroatoms. The van der Waals surface area contributed by atoms with Gasteiger partial charge in [0.05, 0.1) is 23.0 Å². The van der Waals surface area contributed by atoms with Crippen LogP contribution in [0.4, 0.5) is 13.2 Å². The third kappa shape index (κ3) is 5.56. The summed E-state index contributed by atoms with van der Waals surface area (Å²) in [4.78, 5) is 22.3. The summed E-state index contributed by atoms with van der Waals surface area (Å²) in [6.07, 6.45) is 5.04. The van der Waals surface area contributed by atoms with Crippen LogP contribution in [0, 0.1) is 34.7 Å². The number of nitrogens with zero attached hydrogens (tertiary/aromatic N) is 5. The van der Waals surface area contributed by atoms with Crippen molar-refractivity contribution in [3.8, 4) is 23.1 Å². The number of aromatic nitrogens is 2. The maximum Gasteiger partial charge on any atom is 0.223 e. The Balaban J connectivity index is 1.31. The van der Waals surface area contributed by atoms with Gasteiger partial charge < -0.3 is 19.5 Å². The number of benzene rings is 3. The Hall–Kier alpha value is -4.66. The number of aryl methyl sites for hydroxylation is 2. The first-order valence-electron chi connectivity index (χ1n) is 19.0. The Morgan fingerprint density at radius 2 is 1.92 bits per heavy atom. The van der Waals surface area contributed by atoms with Crippen LogP contribution < -0.4 is 10.1 Å². The van der Waals surface area contributed by atoms with Gasteiger partial charge in [-0.25, -0.2) is 18.2 Å². The Labute approximate surface area is 306 Å². The molecule has 6 heterocycles. The van der Waals surface area contributed by atoms with Crippen LogP contribution in [-0.4, -0.2) is 76.7 Å². The molecule has 1 amide bonds. The van der Waals surface area contributed by atoms with Crippen molar-refractivity contribution >= 4 is 38.5 Å². The van der Waals surface area contributed by atoms with Crippen molar-refractivity contribution in [3.63, 3.8) is 0 Å². The zero-order valence-corrected chi connectivity index (χ0v) is 30.1. The summed E-state index contributed by atoms with van der Waals surface area (Å²) < 4.78 is 57.2.